The van der Waals surface area contributed by atoms with Crippen LogP contribution in [0.3, 0.4) is 0 Å². The first-order chi connectivity index (χ1) is 23.3. The highest BCUT2D eigenvalue weighted by Gasteiger charge is 2.51. The van der Waals surface area contributed by atoms with Gasteiger partial charge in [0.15, 0.2) is 5.82 Å². The minimum absolute atomic E-state index is 0.578. The summed E-state index contributed by atoms with van der Waals surface area (Å²) in [6.45, 7) is 0. The summed E-state index contributed by atoms with van der Waals surface area (Å²) in [5, 5.41) is 1.07. The molecule has 0 fully saturated rings. The second kappa shape index (κ2) is 9.87. The third kappa shape index (κ3) is 3.76. The maximum absolute atomic E-state index is 6.53. The zero-order valence-corrected chi connectivity index (χ0v) is 25.2. The van der Waals surface area contributed by atoms with E-state index in [-0.39, 0.29) is 0 Å². The first-order valence-corrected chi connectivity index (χ1v) is 15.8. The average Bonchev–Trinajstić information content (AvgIpc) is 3.72. The van der Waals surface area contributed by atoms with Crippen molar-refractivity contribution in [1.29, 1.82) is 0 Å². The van der Waals surface area contributed by atoms with Crippen molar-refractivity contribution in [3.05, 3.63) is 180 Å². The zero-order valence-electron chi connectivity index (χ0n) is 25.2. The molecular formula is C43H26N2O2. The van der Waals surface area contributed by atoms with Gasteiger partial charge in [-0.3, -0.25) is 0 Å². The molecule has 6 aromatic carbocycles. The molecule has 0 saturated heterocycles. The van der Waals surface area contributed by atoms with Gasteiger partial charge in [0, 0.05) is 33.2 Å². The first-order valence-electron chi connectivity index (χ1n) is 15.8. The van der Waals surface area contributed by atoms with Gasteiger partial charge >= 0.3 is 0 Å². The number of furan rings is 1. The molecule has 0 N–H and O–H groups in total. The molecule has 10 rings (SSSR count). The Kier molecular flexibility index (Phi) is 5.46. The molecule has 0 bridgehead atoms. The smallest absolute Gasteiger partial charge is 0.160 e. The number of ether oxygens (including phenoxy) is 1. The summed E-state index contributed by atoms with van der Waals surface area (Å²) in [6.07, 6.45) is 1.77. The van der Waals surface area contributed by atoms with Crippen LogP contribution < -0.4 is 4.74 Å². The summed E-state index contributed by atoms with van der Waals surface area (Å²) in [4.78, 5) is 10.2. The number of hydrogen-bond donors (Lipinski definition) is 0. The second-order valence-electron chi connectivity index (χ2n) is 12.2. The predicted octanol–water partition coefficient (Wildman–Crippen LogP) is 10.7. The van der Waals surface area contributed by atoms with Crippen LogP contribution in [0.2, 0.25) is 0 Å². The van der Waals surface area contributed by atoms with E-state index in [1.165, 1.54) is 22.3 Å². The maximum atomic E-state index is 6.53. The van der Waals surface area contributed by atoms with Crippen molar-refractivity contribution in [3.63, 3.8) is 0 Å². The van der Waals surface area contributed by atoms with E-state index in [0.717, 1.165) is 61.7 Å². The van der Waals surface area contributed by atoms with Crippen molar-refractivity contribution in [2.75, 3.05) is 0 Å². The van der Waals surface area contributed by atoms with E-state index in [2.05, 4.69) is 97.1 Å². The van der Waals surface area contributed by atoms with E-state index in [0.29, 0.717) is 5.82 Å². The van der Waals surface area contributed by atoms with Crippen molar-refractivity contribution >= 4 is 11.0 Å². The summed E-state index contributed by atoms with van der Waals surface area (Å²) in [5.74, 6) is 2.43. The number of nitrogens with zero attached hydrogens (tertiary/aromatic N) is 2. The largest absolute Gasteiger partial charge is 0.464 e. The van der Waals surface area contributed by atoms with E-state index in [4.69, 9.17) is 19.1 Å². The Balaban J connectivity index is 1.26. The van der Waals surface area contributed by atoms with Crippen molar-refractivity contribution in [2.45, 2.75) is 5.41 Å². The number of hydrogen-bond acceptors (Lipinski definition) is 4. The molecule has 8 aromatic rings. The van der Waals surface area contributed by atoms with E-state index in [9.17, 15) is 0 Å². The normalized spacial score (nSPS) is 13.4. The molecule has 0 radical (unpaired) electrons. The van der Waals surface area contributed by atoms with Crippen LogP contribution >= 0.6 is 0 Å². The van der Waals surface area contributed by atoms with Gasteiger partial charge in [-0.2, -0.15) is 0 Å². The summed E-state index contributed by atoms with van der Waals surface area (Å²) < 4.78 is 12.5. The Morgan fingerprint density at radius 3 is 1.79 bits per heavy atom. The lowest BCUT2D eigenvalue weighted by molar-refractivity contribution is 0.436. The van der Waals surface area contributed by atoms with Gasteiger partial charge in [0.1, 0.15) is 17.1 Å². The third-order valence-corrected chi connectivity index (χ3v) is 9.64. The molecule has 0 unspecified atom stereocenters. The zero-order chi connectivity index (χ0) is 31.0. The van der Waals surface area contributed by atoms with Crippen molar-refractivity contribution < 1.29 is 9.15 Å². The van der Waals surface area contributed by atoms with Gasteiger partial charge in [0.25, 0.3) is 0 Å². The predicted molar refractivity (Wildman–Crippen MR) is 185 cm³/mol. The number of para-hydroxylation sites is 2. The standard InChI is InChI=1S/C43H26N2O2/c1-3-11-27(12-4-1)37-26-38(45-42(44-37)28-13-5-2-6-14-28)29-19-20-33-31(23-29)32-24-30-21-22-46-41(30)25-36(32)43(33)34-15-7-9-17-39(34)47-40-18-10-8-16-35(40)43/h1-26H. The molecule has 47 heavy (non-hydrogen) atoms. The minimum atomic E-state index is -0.578. The summed E-state index contributed by atoms with van der Waals surface area (Å²) in [5.41, 5.74) is 12.1. The first kappa shape index (κ1) is 26.0. The number of fused-ring (bicyclic) bond motifs is 10. The van der Waals surface area contributed by atoms with Crippen LogP contribution in [0.25, 0.3) is 56.0 Å². The Bertz CT molecular complexity index is 2400. The Hall–Kier alpha value is -6.26. The van der Waals surface area contributed by atoms with Crippen LogP contribution in [-0.4, -0.2) is 9.97 Å². The van der Waals surface area contributed by atoms with Gasteiger partial charge in [0.05, 0.1) is 23.1 Å². The quantitative estimate of drug-likeness (QED) is 0.202. The van der Waals surface area contributed by atoms with Gasteiger partial charge in [-0.25, -0.2) is 9.97 Å². The highest BCUT2D eigenvalue weighted by Crippen LogP contribution is 2.62. The summed E-state index contributed by atoms with van der Waals surface area (Å²) >= 11 is 0. The van der Waals surface area contributed by atoms with Crippen LogP contribution in [0, 0.1) is 0 Å². The van der Waals surface area contributed by atoms with Crippen LogP contribution in [0.1, 0.15) is 22.3 Å². The van der Waals surface area contributed by atoms with Gasteiger partial charge in [-0.1, -0.05) is 109 Å². The number of aromatic nitrogens is 2. The molecule has 220 valence electrons. The molecule has 1 aliphatic heterocycles. The molecule has 0 saturated carbocycles. The molecular weight excluding hydrogens is 576 g/mol. The third-order valence-electron chi connectivity index (χ3n) is 9.64. The van der Waals surface area contributed by atoms with Crippen LogP contribution in [0.4, 0.5) is 0 Å². The van der Waals surface area contributed by atoms with Crippen LogP contribution in [0.5, 0.6) is 11.5 Å². The highest BCUT2D eigenvalue weighted by atomic mass is 16.5. The molecule has 4 nitrogen and oxygen atoms in total. The lowest BCUT2D eigenvalue weighted by Crippen LogP contribution is -2.32. The van der Waals surface area contributed by atoms with Crippen LogP contribution in [-0.2, 0) is 5.41 Å². The topological polar surface area (TPSA) is 48.2 Å². The molecule has 2 aliphatic rings. The van der Waals surface area contributed by atoms with Crippen molar-refractivity contribution in [3.8, 4) is 56.5 Å². The van der Waals surface area contributed by atoms with Crippen LogP contribution in [0.15, 0.2) is 162 Å². The van der Waals surface area contributed by atoms with E-state index in [1.54, 1.807) is 6.26 Å². The Morgan fingerprint density at radius 1 is 0.447 bits per heavy atom. The fraction of sp³-hybridized carbons (Fsp3) is 0.0233. The van der Waals surface area contributed by atoms with Gasteiger partial charge in [0.2, 0.25) is 0 Å². The number of rotatable bonds is 3. The molecule has 2 aromatic heterocycles. The Labute approximate surface area is 271 Å². The fourth-order valence-corrected chi connectivity index (χ4v) is 7.58. The lowest BCUT2D eigenvalue weighted by atomic mass is 9.66. The monoisotopic (exact) mass is 602 g/mol. The average molecular weight is 603 g/mol. The molecule has 1 aliphatic carbocycles. The fourth-order valence-electron chi connectivity index (χ4n) is 7.58. The molecule has 0 amide bonds. The summed E-state index contributed by atoms with van der Waals surface area (Å²) in [7, 11) is 0. The molecule has 3 heterocycles. The van der Waals surface area contributed by atoms with Gasteiger partial charge < -0.3 is 9.15 Å². The van der Waals surface area contributed by atoms with Gasteiger partial charge in [-0.05, 0) is 64.7 Å². The molecule has 0 atom stereocenters. The Morgan fingerprint density at radius 2 is 1.06 bits per heavy atom. The van der Waals surface area contributed by atoms with Crippen molar-refractivity contribution in [1.82, 2.24) is 9.97 Å². The summed E-state index contributed by atoms with van der Waals surface area (Å²) in [6, 6.07) is 52.8. The molecule has 4 heteroatoms. The SMILES string of the molecule is c1ccc(-c2cc(-c3ccc4c(c3)-c3cc5ccoc5cc3C43c4ccccc4Oc4ccccc43)nc(-c3ccccc3)n2)cc1. The highest BCUT2D eigenvalue weighted by molar-refractivity contribution is 5.96. The van der Waals surface area contributed by atoms with E-state index >= 15 is 0 Å². The van der Waals surface area contributed by atoms with Gasteiger partial charge in [-0.15, -0.1) is 0 Å². The second-order valence-corrected chi connectivity index (χ2v) is 12.2. The lowest BCUT2D eigenvalue weighted by Gasteiger charge is -2.39. The number of benzene rings is 6. The van der Waals surface area contributed by atoms with E-state index in [1.807, 2.05) is 54.6 Å². The molecule has 1 spiro atoms. The minimum Gasteiger partial charge on any atom is -0.464 e. The van der Waals surface area contributed by atoms with E-state index < -0.39 is 5.41 Å². The maximum Gasteiger partial charge on any atom is 0.160 e. The van der Waals surface area contributed by atoms with Crippen molar-refractivity contribution in [2.24, 2.45) is 0 Å².